The first-order valence-corrected chi connectivity index (χ1v) is 6.31. The first-order valence-electron chi connectivity index (χ1n) is 6.31. The molecule has 0 aromatic carbocycles. The molecule has 0 saturated carbocycles. The van der Waals surface area contributed by atoms with Crippen molar-refractivity contribution in [1.29, 1.82) is 0 Å². The Hall–Kier alpha value is -2.39. The van der Waals surface area contributed by atoms with Crippen LogP contribution in [-0.2, 0) is 4.79 Å². The van der Waals surface area contributed by atoms with Gasteiger partial charge in [-0.1, -0.05) is 11.8 Å². The van der Waals surface area contributed by atoms with Crippen LogP contribution < -0.4 is 10.6 Å². The number of rotatable bonds is 3. The van der Waals surface area contributed by atoms with Crippen molar-refractivity contribution in [3.05, 3.63) is 29.6 Å². The second kappa shape index (κ2) is 6.68. The highest BCUT2D eigenvalue weighted by atomic mass is 16.2. The molecule has 2 rings (SSSR count). The van der Waals surface area contributed by atoms with Gasteiger partial charge in [-0.05, 0) is 6.07 Å². The van der Waals surface area contributed by atoms with Crippen molar-refractivity contribution in [2.24, 2.45) is 0 Å². The van der Waals surface area contributed by atoms with Gasteiger partial charge in [0.2, 0.25) is 5.91 Å². The number of hydrogen-bond acceptors (Lipinski definition) is 4. The van der Waals surface area contributed by atoms with Crippen molar-refractivity contribution in [1.82, 2.24) is 15.6 Å². The zero-order chi connectivity index (χ0) is 14.4. The van der Waals surface area contributed by atoms with E-state index in [1.165, 1.54) is 6.20 Å². The topological polar surface area (TPSA) is 91.3 Å². The van der Waals surface area contributed by atoms with E-state index in [0.717, 1.165) is 0 Å². The van der Waals surface area contributed by atoms with E-state index < -0.39 is 0 Å². The summed E-state index contributed by atoms with van der Waals surface area (Å²) in [5.74, 6) is 5.26. The molecule has 104 valence electrons. The lowest BCUT2D eigenvalue weighted by Gasteiger charge is -2.10. The van der Waals surface area contributed by atoms with Gasteiger partial charge in [0.25, 0.3) is 5.91 Å². The van der Waals surface area contributed by atoms with Gasteiger partial charge >= 0.3 is 0 Å². The van der Waals surface area contributed by atoms with Crippen LogP contribution in [0.2, 0.25) is 0 Å². The van der Waals surface area contributed by atoms with Crippen molar-refractivity contribution in [3.8, 4) is 11.8 Å². The fourth-order valence-electron chi connectivity index (χ4n) is 1.83. The summed E-state index contributed by atoms with van der Waals surface area (Å²) in [6.07, 6.45) is 3.69. The maximum atomic E-state index is 12.0. The number of aliphatic hydroxyl groups is 1. The number of nitrogens with one attached hydrogen (secondary N) is 2. The Bertz CT molecular complexity index is 575. The lowest BCUT2D eigenvalue weighted by Crippen LogP contribution is -2.36. The summed E-state index contributed by atoms with van der Waals surface area (Å²) in [4.78, 5) is 27.0. The molecular weight excluding hydrogens is 258 g/mol. The van der Waals surface area contributed by atoms with Gasteiger partial charge < -0.3 is 15.7 Å². The van der Waals surface area contributed by atoms with Gasteiger partial charge in [-0.2, -0.15) is 0 Å². The molecule has 1 aromatic rings. The predicted molar refractivity (Wildman–Crippen MR) is 71.7 cm³/mol. The third-order valence-corrected chi connectivity index (χ3v) is 2.78. The van der Waals surface area contributed by atoms with Crippen LogP contribution in [0, 0.1) is 11.8 Å². The SMILES string of the molecule is O=C1CC(NC(=O)c2cncc(C#CCCO)c2)CN1. The monoisotopic (exact) mass is 273 g/mol. The number of pyridine rings is 1. The lowest BCUT2D eigenvalue weighted by atomic mass is 10.1. The van der Waals surface area contributed by atoms with Crippen molar-refractivity contribution < 1.29 is 14.7 Å². The third-order valence-electron chi connectivity index (χ3n) is 2.78. The van der Waals surface area contributed by atoms with E-state index >= 15 is 0 Å². The Morgan fingerprint density at radius 3 is 3.10 bits per heavy atom. The van der Waals surface area contributed by atoms with Gasteiger partial charge in [-0.3, -0.25) is 14.6 Å². The van der Waals surface area contributed by atoms with Crippen LogP contribution in [-0.4, -0.2) is 41.1 Å². The summed E-state index contributed by atoms with van der Waals surface area (Å²) in [5.41, 5.74) is 1.02. The van der Waals surface area contributed by atoms with Gasteiger partial charge in [0.05, 0.1) is 18.2 Å². The fourth-order valence-corrected chi connectivity index (χ4v) is 1.83. The molecule has 2 amide bonds. The molecule has 1 saturated heterocycles. The van der Waals surface area contributed by atoms with Crippen molar-refractivity contribution in [2.45, 2.75) is 18.9 Å². The van der Waals surface area contributed by atoms with E-state index in [2.05, 4.69) is 27.5 Å². The normalized spacial score (nSPS) is 17.1. The number of aliphatic hydroxyl groups excluding tert-OH is 1. The molecule has 0 aliphatic carbocycles. The Balaban J connectivity index is 2.01. The van der Waals surface area contributed by atoms with Crippen LogP contribution in [0.5, 0.6) is 0 Å². The lowest BCUT2D eigenvalue weighted by molar-refractivity contribution is -0.119. The van der Waals surface area contributed by atoms with Crippen LogP contribution in [0.4, 0.5) is 0 Å². The standard InChI is InChI=1S/C14H15N3O3/c18-4-2-1-3-10-5-11(8-15-7-10)14(20)17-12-6-13(19)16-9-12/h5,7-8,12,18H,2,4,6,9H2,(H,16,19)(H,17,20). The van der Waals surface area contributed by atoms with Gasteiger partial charge in [0.15, 0.2) is 0 Å². The van der Waals surface area contributed by atoms with E-state index in [0.29, 0.717) is 30.5 Å². The van der Waals surface area contributed by atoms with E-state index in [4.69, 9.17) is 5.11 Å². The molecule has 1 atom stereocenters. The van der Waals surface area contributed by atoms with Crippen LogP contribution in [0.25, 0.3) is 0 Å². The molecule has 0 radical (unpaired) electrons. The molecule has 1 aliphatic heterocycles. The Morgan fingerprint density at radius 2 is 2.40 bits per heavy atom. The zero-order valence-electron chi connectivity index (χ0n) is 10.8. The van der Waals surface area contributed by atoms with Gasteiger partial charge in [-0.15, -0.1) is 0 Å². The third kappa shape index (κ3) is 3.80. The Morgan fingerprint density at radius 1 is 1.55 bits per heavy atom. The second-order valence-electron chi connectivity index (χ2n) is 4.42. The molecule has 0 bridgehead atoms. The quantitative estimate of drug-likeness (QED) is 0.643. The summed E-state index contributed by atoms with van der Waals surface area (Å²) in [7, 11) is 0. The minimum atomic E-state index is -0.273. The molecule has 6 nitrogen and oxygen atoms in total. The molecule has 3 N–H and O–H groups in total. The number of carbonyl (C=O) groups excluding carboxylic acids is 2. The van der Waals surface area contributed by atoms with E-state index in [1.807, 2.05) is 0 Å². The number of aromatic nitrogens is 1. The maximum Gasteiger partial charge on any atom is 0.253 e. The Kier molecular flexibility index (Phi) is 4.69. The number of amides is 2. The molecule has 1 fully saturated rings. The summed E-state index contributed by atoms with van der Waals surface area (Å²) < 4.78 is 0. The molecule has 6 heteroatoms. The molecule has 1 aliphatic rings. The molecule has 0 spiro atoms. The highest BCUT2D eigenvalue weighted by molar-refractivity contribution is 5.95. The first-order chi connectivity index (χ1) is 9.69. The van der Waals surface area contributed by atoms with Gasteiger partial charge in [-0.25, -0.2) is 0 Å². The smallest absolute Gasteiger partial charge is 0.253 e. The zero-order valence-corrected chi connectivity index (χ0v) is 10.8. The van der Waals surface area contributed by atoms with Crippen LogP contribution in [0.15, 0.2) is 18.5 Å². The molecule has 2 heterocycles. The fraction of sp³-hybridized carbons (Fsp3) is 0.357. The average molecular weight is 273 g/mol. The summed E-state index contributed by atoms with van der Waals surface area (Å²) in [6.45, 7) is 0.456. The van der Waals surface area contributed by atoms with Crippen LogP contribution in [0.3, 0.4) is 0 Å². The minimum Gasteiger partial charge on any atom is -0.395 e. The minimum absolute atomic E-state index is 0.00329. The van der Waals surface area contributed by atoms with Crippen LogP contribution >= 0.6 is 0 Å². The van der Waals surface area contributed by atoms with E-state index in [-0.39, 0.29) is 24.5 Å². The molecule has 1 unspecified atom stereocenters. The number of hydrogen-bond donors (Lipinski definition) is 3. The summed E-state index contributed by atoms with van der Waals surface area (Å²) >= 11 is 0. The molecule has 1 aromatic heterocycles. The largest absolute Gasteiger partial charge is 0.395 e. The first kappa shape index (κ1) is 14.0. The van der Waals surface area contributed by atoms with Crippen molar-refractivity contribution >= 4 is 11.8 Å². The Labute approximate surface area is 116 Å². The molecule has 20 heavy (non-hydrogen) atoms. The number of carbonyl (C=O) groups is 2. The van der Waals surface area contributed by atoms with E-state index in [1.54, 1.807) is 12.3 Å². The van der Waals surface area contributed by atoms with Crippen molar-refractivity contribution in [3.63, 3.8) is 0 Å². The molecular formula is C14H15N3O3. The highest BCUT2D eigenvalue weighted by Gasteiger charge is 2.23. The van der Waals surface area contributed by atoms with Gasteiger partial charge in [0, 0.05) is 37.3 Å². The second-order valence-corrected chi connectivity index (χ2v) is 4.42. The van der Waals surface area contributed by atoms with E-state index in [9.17, 15) is 9.59 Å². The number of nitrogens with zero attached hydrogens (tertiary/aromatic N) is 1. The average Bonchev–Trinajstić information content (AvgIpc) is 2.85. The van der Waals surface area contributed by atoms with Crippen LogP contribution in [0.1, 0.15) is 28.8 Å². The maximum absolute atomic E-state index is 12.0. The van der Waals surface area contributed by atoms with Crippen molar-refractivity contribution in [2.75, 3.05) is 13.2 Å². The summed E-state index contributed by atoms with van der Waals surface area (Å²) in [5, 5.41) is 14.1. The van der Waals surface area contributed by atoms with Gasteiger partial charge in [0.1, 0.15) is 0 Å². The summed E-state index contributed by atoms with van der Waals surface area (Å²) in [6, 6.07) is 1.45. The predicted octanol–water partition coefficient (Wildman–Crippen LogP) is -0.566. The highest BCUT2D eigenvalue weighted by Crippen LogP contribution is 2.05.